The van der Waals surface area contributed by atoms with Gasteiger partial charge in [-0.2, -0.15) is 0 Å². The van der Waals surface area contributed by atoms with E-state index < -0.39 is 18.0 Å². The van der Waals surface area contributed by atoms with Crippen LogP contribution >= 0.6 is 11.6 Å². The molecule has 100 valence electrons. The van der Waals surface area contributed by atoms with Crippen molar-refractivity contribution >= 4 is 23.5 Å². The van der Waals surface area contributed by atoms with E-state index in [0.717, 1.165) is 6.42 Å². The van der Waals surface area contributed by atoms with Crippen molar-refractivity contribution in [3.05, 3.63) is 22.7 Å². The van der Waals surface area contributed by atoms with Gasteiger partial charge in [-0.1, -0.05) is 11.6 Å². The van der Waals surface area contributed by atoms with Crippen LogP contribution in [-0.4, -0.2) is 25.2 Å². The first-order valence-corrected chi connectivity index (χ1v) is 6.23. The molecule has 2 N–H and O–H groups in total. The average molecular weight is 283 g/mol. The molecule has 1 aromatic carbocycles. The van der Waals surface area contributed by atoms with E-state index in [1.807, 2.05) is 0 Å². The summed E-state index contributed by atoms with van der Waals surface area (Å²) in [6.07, 6.45) is 0.765. The Morgan fingerprint density at radius 3 is 2.74 bits per heavy atom. The van der Waals surface area contributed by atoms with E-state index in [1.165, 1.54) is 0 Å². The van der Waals surface area contributed by atoms with Crippen LogP contribution in [0.15, 0.2) is 12.1 Å². The van der Waals surface area contributed by atoms with Gasteiger partial charge in [0.25, 0.3) is 5.91 Å². The lowest BCUT2D eigenvalue weighted by Gasteiger charge is -2.14. The van der Waals surface area contributed by atoms with Crippen molar-refractivity contribution in [3.8, 4) is 11.5 Å². The van der Waals surface area contributed by atoms with Crippen LogP contribution in [0, 0.1) is 0 Å². The highest BCUT2D eigenvalue weighted by molar-refractivity contribution is 6.32. The van der Waals surface area contributed by atoms with Gasteiger partial charge >= 0.3 is 6.03 Å². The number of hydrogen-bond acceptors (Lipinski definition) is 4. The Kier molecular flexibility index (Phi) is 2.94. The van der Waals surface area contributed by atoms with Crippen molar-refractivity contribution < 1.29 is 19.1 Å². The Morgan fingerprint density at radius 2 is 2.00 bits per heavy atom. The predicted molar refractivity (Wildman–Crippen MR) is 66.5 cm³/mol. The summed E-state index contributed by atoms with van der Waals surface area (Å²) in [7, 11) is 0. The summed E-state index contributed by atoms with van der Waals surface area (Å²) in [5.74, 6) is 0.567. The van der Waals surface area contributed by atoms with Crippen molar-refractivity contribution in [3.63, 3.8) is 0 Å². The number of imide groups is 1. The standard InChI is InChI=1S/C12H11ClN2O4/c13-7-4-6(9-11(16)15-12(17)14-9)5-8-10(7)19-3-1-2-18-8/h4-5,9H,1-3H2,(H2,14,15,16,17). The average Bonchev–Trinajstić information content (AvgIpc) is 2.59. The van der Waals surface area contributed by atoms with Crippen LogP contribution in [0.25, 0.3) is 0 Å². The summed E-state index contributed by atoms with van der Waals surface area (Å²) >= 11 is 6.13. The lowest BCUT2D eigenvalue weighted by molar-refractivity contribution is -0.120. The molecule has 1 unspecified atom stereocenters. The number of benzene rings is 1. The molecule has 2 aliphatic heterocycles. The molecule has 0 aromatic heterocycles. The molecule has 2 aliphatic rings. The van der Waals surface area contributed by atoms with Gasteiger partial charge in [0.1, 0.15) is 6.04 Å². The topological polar surface area (TPSA) is 76.7 Å². The molecule has 1 saturated heterocycles. The normalized spacial score (nSPS) is 21.6. The maximum atomic E-state index is 11.6. The molecule has 1 fully saturated rings. The van der Waals surface area contributed by atoms with Crippen LogP contribution < -0.4 is 20.1 Å². The van der Waals surface area contributed by atoms with Crippen LogP contribution in [0.5, 0.6) is 11.5 Å². The Balaban J connectivity index is 1.99. The maximum Gasteiger partial charge on any atom is 0.322 e. The molecule has 1 aromatic rings. The molecule has 0 aliphatic carbocycles. The molecular formula is C12H11ClN2O4. The van der Waals surface area contributed by atoms with E-state index in [9.17, 15) is 9.59 Å². The summed E-state index contributed by atoms with van der Waals surface area (Å²) in [6.45, 7) is 1.06. The van der Waals surface area contributed by atoms with Gasteiger partial charge in [0.15, 0.2) is 11.5 Å². The van der Waals surface area contributed by atoms with E-state index >= 15 is 0 Å². The minimum atomic E-state index is -0.748. The second kappa shape index (κ2) is 4.62. The number of fused-ring (bicyclic) bond motifs is 1. The third kappa shape index (κ3) is 2.19. The molecule has 1 atom stereocenters. The number of nitrogens with one attached hydrogen (secondary N) is 2. The van der Waals surface area contributed by atoms with Crippen LogP contribution in [0.1, 0.15) is 18.0 Å². The van der Waals surface area contributed by atoms with Crippen molar-refractivity contribution in [2.45, 2.75) is 12.5 Å². The number of ether oxygens (including phenoxy) is 2. The number of carbonyl (C=O) groups is 2. The molecule has 0 bridgehead atoms. The highest BCUT2D eigenvalue weighted by Gasteiger charge is 2.32. The second-order valence-electron chi connectivity index (χ2n) is 4.28. The van der Waals surface area contributed by atoms with Crippen LogP contribution in [0.4, 0.5) is 4.79 Å². The van der Waals surface area contributed by atoms with Gasteiger partial charge in [0, 0.05) is 6.42 Å². The zero-order chi connectivity index (χ0) is 13.4. The Bertz CT molecular complexity index is 561. The number of halogens is 1. The molecule has 19 heavy (non-hydrogen) atoms. The first-order valence-electron chi connectivity index (χ1n) is 5.85. The monoisotopic (exact) mass is 282 g/mol. The number of amides is 3. The summed E-state index contributed by atoms with van der Waals surface area (Å²) in [6, 6.07) is 2.01. The van der Waals surface area contributed by atoms with Crippen molar-refractivity contribution in [1.82, 2.24) is 10.6 Å². The van der Waals surface area contributed by atoms with Gasteiger partial charge in [-0.15, -0.1) is 0 Å². The number of rotatable bonds is 1. The van der Waals surface area contributed by atoms with Gasteiger partial charge in [0.05, 0.1) is 18.2 Å². The minimum absolute atomic E-state index is 0.364. The largest absolute Gasteiger partial charge is 0.489 e. The first-order chi connectivity index (χ1) is 9.15. The van der Waals surface area contributed by atoms with Gasteiger partial charge in [-0.3, -0.25) is 10.1 Å². The molecule has 2 heterocycles. The Labute approximate surface area is 114 Å². The molecule has 7 heteroatoms. The zero-order valence-corrected chi connectivity index (χ0v) is 10.6. The summed E-state index contributed by atoms with van der Waals surface area (Å²) in [5, 5.41) is 5.05. The maximum absolute atomic E-state index is 11.6. The molecular weight excluding hydrogens is 272 g/mol. The summed E-state index contributed by atoms with van der Waals surface area (Å²) in [4.78, 5) is 22.8. The number of urea groups is 1. The summed E-state index contributed by atoms with van der Waals surface area (Å²) in [5.41, 5.74) is 0.567. The van der Waals surface area contributed by atoms with Crippen LogP contribution in [0.3, 0.4) is 0 Å². The minimum Gasteiger partial charge on any atom is -0.489 e. The van der Waals surface area contributed by atoms with E-state index in [1.54, 1.807) is 12.1 Å². The zero-order valence-electron chi connectivity index (χ0n) is 9.86. The third-order valence-corrected chi connectivity index (χ3v) is 3.21. The molecule has 3 rings (SSSR count). The van der Waals surface area contributed by atoms with E-state index in [0.29, 0.717) is 35.3 Å². The molecule has 0 saturated carbocycles. The van der Waals surface area contributed by atoms with E-state index in [2.05, 4.69) is 10.6 Å². The molecule has 0 radical (unpaired) electrons. The predicted octanol–water partition coefficient (Wildman–Crippen LogP) is 1.38. The van der Waals surface area contributed by atoms with E-state index in [4.69, 9.17) is 21.1 Å². The Morgan fingerprint density at radius 1 is 1.21 bits per heavy atom. The van der Waals surface area contributed by atoms with Crippen LogP contribution in [-0.2, 0) is 4.79 Å². The van der Waals surface area contributed by atoms with Crippen molar-refractivity contribution in [2.24, 2.45) is 0 Å². The van der Waals surface area contributed by atoms with Crippen molar-refractivity contribution in [1.29, 1.82) is 0 Å². The molecule has 6 nitrogen and oxygen atoms in total. The summed E-state index contributed by atoms with van der Waals surface area (Å²) < 4.78 is 11.0. The quantitative estimate of drug-likeness (QED) is 0.763. The first kappa shape index (κ1) is 12.1. The Hall–Kier alpha value is -1.95. The van der Waals surface area contributed by atoms with E-state index in [-0.39, 0.29) is 0 Å². The fourth-order valence-electron chi connectivity index (χ4n) is 2.07. The van der Waals surface area contributed by atoms with Gasteiger partial charge in [-0.25, -0.2) is 4.79 Å². The lowest BCUT2D eigenvalue weighted by Crippen LogP contribution is -2.22. The van der Waals surface area contributed by atoms with Crippen LogP contribution in [0.2, 0.25) is 5.02 Å². The molecule has 0 spiro atoms. The smallest absolute Gasteiger partial charge is 0.322 e. The van der Waals surface area contributed by atoms with Gasteiger partial charge < -0.3 is 14.8 Å². The molecule has 3 amide bonds. The number of carbonyl (C=O) groups excluding carboxylic acids is 2. The number of hydrogen-bond donors (Lipinski definition) is 2. The SMILES string of the molecule is O=C1NC(=O)C(c2cc(Cl)c3c(c2)OCCCO3)N1. The van der Waals surface area contributed by atoms with Crippen molar-refractivity contribution in [2.75, 3.05) is 13.2 Å². The third-order valence-electron chi connectivity index (χ3n) is 2.93. The second-order valence-corrected chi connectivity index (χ2v) is 4.68. The lowest BCUT2D eigenvalue weighted by atomic mass is 10.1. The fourth-order valence-corrected chi connectivity index (χ4v) is 2.34. The highest BCUT2D eigenvalue weighted by atomic mass is 35.5. The van der Waals surface area contributed by atoms with Gasteiger partial charge in [0.2, 0.25) is 0 Å². The van der Waals surface area contributed by atoms with Gasteiger partial charge in [-0.05, 0) is 17.7 Å². The fraction of sp³-hybridized carbons (Fsp3) is 0.333. The highest BCUT2D eigenvalue weighted by Crippen LogP contribution is 2.39.